The van der Waals surface area contributed by atoms with E-state index in [-0.39, 0.29) is 6.03 Å². The van der Waals surface area contributed by atoms with Crippen LogP contribution in [0.25, 0.3) is 0 Å². The molecule has 1 aliphatic heterocycles. The molecule has 102 valence electrons. The quantitative estimate of drug-likeness (QED) is 0.789. The fourth-order valence-corrected chi connectivity index (χ4v) is 3.21. The van der Waals surface area contributed by atoms with Crippen molar-refractivity contribution < 1.29 is 14.7 Å². The van der Waals surface area contributed by atoms with Crippen molar-refractivity contribution >= 4 is 12.0 Å². The van der Waals surface area contributed by atoms with E-state index in [2.05, 4.69) is 5.32 Å². The number of urea groups is 1. The van der Waals surface area contributed by atoms with Gasteiger partial charge in [-0.15, -0.1) is 0 Å². The maximum absolute atomic E-state index is 12.1. The highest BCUT2D eigenvalue weighted by molar-refractivity contribution is 5.82. The number of carbonyl (C=O) groups is 2. The van der Waals surface area contributed by atoms with Gasteiger partial charge in [0.05, 0.1) is 0 Å². The van der Waals surface area contributed by atoms with E-state index in [1.807, 2.05) is 4.90 Å². The van der Waals surface area contributed by atoms with E-state index in [0.717, 1.165) is 19.4 Å². The molecule has 2 N–H and O–H groups in total. The molecular formula is C13H22N2O3. The summed E-state index contributed by atoms with van der Waals surface area (Å²) in [5, 5.41) is 11.4. The molecule has 1 aliphatic carbocycles. The van der Waals surface area contributed by atoms with Crippen LogP contribution in [0.5, 0.6) is 0 Å². The zero-order chi connectivity index (χ0) is 13.1. The highest BCUT2D eigenvalue weighted by Gasteiger charge is 2.36. The number of aliphatic carboxylic acids is 1. The third-order valence-corrected chi connectivity index (χ3v) is 4.21. The van der Waals surface area contributed by atoms with Gasteiger partial charge in [0.25, 0.3) is 0 Å². The molecule has 1 saturated carbocycles. The molecule has 0 aromatic heterocycles. The van der Waals surface area contributed by atoms with Crippen LogP contribution in [0.3, 0.4) is 0 Å². The summed E-state index contributed by atoms with van der Waals surface area (Å²) in [6.07, 6.45) is 6.98. The van der Waals surface area contributed by atoms with Crippen LogP contribution in [0.15, 0.2) is 0 Å². The van der Waals surface area contributed by atoms with Gasteiger partial charge in [0.15, 0.2) is 0 Å². The van der Waals surface area contributed by atoms with E-state index in [0.29, 0.717) is 12.0 Å². The summed E-state index contributed by atoms with van der Waals surface area (Å²) in [6, 6.07) is -0.698. The van der Waals surface area contributed by atoms with Crippen molar-refractivity contribution in [1.29, 1.82) is 0 Å². The summed E-state index contributed by atoms with van der Waals surface area (Å²) in [6.45, 7) is 2.27. The Hall–Kier alpha value is -1.26. The first kappa shape index (κ1) is 13.2. The summed E-state index contributed by atoms with van der Waals surface area (Å²) in [4.78, 5) is 24.8. The van der Waals surface area contributed by atoms with Gasteiger partial charge in [-0.2, -0.15) is 0 Å². The number of piperidine rings is 1. The molecule has 2 unspecified atom stereocenters. The predicted molar refractivity (Wildman–Crippen MR) is 67.3 cm³/mol. The Morgan fingerprint density at radius 2 is 1.89 bits per heavy atom. The largest absolute Gasteiger partial charge is 0.480 e. The molecule has 1 heterocycles. The number of fused-ring (bicyclic) bond motifs is 1. The van der Waals surface area contributed by atoms with Crippen molar-refractivity contribution in [3.63, 3.8) is 0 Å². The average molecular weight is 254 g/mol. The number of carboxylic acids is 1. The number of carbonyl (C=O) groups excluding carboxylic acids is 1. The lowest BCUT2D eigenvalue weighted by atomic mass is 9.78. The van der Waals surface area contributed by atoms with Crippen molar-refractivity contribution in [2.75, 3.05) is 6.54 Å². The molecule has 0 bridgehead atoms. The molecule has 1 saturated heterocycles. The minimum absolute atomic E-state index is 0.207. The third-order valence-electron chi connectivity index (χ3n) is 4.21. The molecule has 0 aromatic rings. The van der Waals surface area contributed by atoms with Gasteiger partial charge in [-0.25, -0.2) is 4.79 Å². The minimum Gasteiger partial charge on any atom is -0.480 e. The molecule has 18 heavy (non-hydrogen) atoms. The van der Waals surface area contributed by atoms with E-state index in [1.54, 1.807) is 0 Å². The van der Waals surface area contributed by atoms with Crippen molar-refractivity contribution in [2.24, 2.45) is 5.92 Å². The number of carboxylic acid groups (broad SMARTS) is 1. The van der Waals surface area contributed by atoms with Crippen molar-refractivity contribution in [3.05, 3.63) is 0 Å². The monoisotopic (exact) mass is 254 g/mol. The second kappa shape index (κ2) is 5.59. The van der Waals surface area contributed by atoms with Crippen LogP contribution < -0.4 is 5.32 Å². The predicted octanol–water partition coefficient (Wildman–Crippen LogP) is 1.82. The van der Waals surface area contributed by atoms with E-state index in [4.69, 9.17) is 5.11 Å². The molecule has 0 aromatic carbocycles. The van der Waals surface area contributed by atoms with E-state index in [1.165, 1.54) is 32.6 Å². The van der Waals surface area contributed by atoms with Crippen LogP contribution in [-0.4, -0.2) is 40.6 Å². The standard InChI is InChI=1S/C13H22N2O3/c1-9(12(16)17)14-13(18)15-8-4-6-10-5-2-3-7-11(10)15/h9-11H,2-8H2,1H3,(H,14,18)(H,16,17)/t9-,10?,11?/m1/s1. The van der Waals surface area contributed by atoms with Gasteiger partial charge in [-0.05, 0) is 38.5 Å². The van der Waals surface area contributed by atoms with E-state index in [9.17, 15) is 9.59 Å². The van der Waals surface area contributed by atoms with Crippen molar-refractivity contribution in [3.8, 4) is 0 Å². The van der Waals surface area contributed by atoms with Gasteiger partial charge in [0.1, 0.15) is 6.04 Å². The number of nitrogens with zero attached hydrogens (tertiary/aromatic N) is 1. The summed E-state index contributed by atoms with van der Waals surface area (Å²) in [7, 11) is 0. The summed E-state index contributed by atoms with van der Waals surface area (Å²) in [5.74, 6) is -0.362. The molecule has 5 nitrogen and oxygen atoms in total. The Kier molecular flexibility index (Phi) is 4.09. The lowest BCUT2D eigenvalue weighted by Gasteiger charge is -2.44. The second-order valence-electron chi connectivity index (χ2n) is 5.46. The van der Waals surface area contributed by atoms with Gasteiger partial charge in [0.2, 0.25) is 0 Å². The number of likely N-dealkylation sites (tertiary alicyclic amines) is 1. The molecule has 5 heteroatoms. The SMILES string of the molecule is C[C@@H](NC(=O)N1CCCC2CCCCC21)C(=O)O. The summed E-state index contributed by atoms with van der Waals surface area (Å²) in [5.41, 5.74) is 0. The highest BCUT2D eigenvalue weighted by Crippen LogP contribution is 2.35. The van der Waals surface area contributed by atoms with Crippen LogP contribution in [0.2, 0.25) is 0 Å². The first-order chi connectivity index (χ1) is 8.59. The first-order valence-corrected chi connectivity index (χ1v) is 6.89. The van der Waals surface area contributed by atoms with Crippen molar-refractivity contribution in [1.82, 2.24) is 10.2 Å². The lowest BCUT2D eigenvalue weighted by Crippen LogP contribution is -2.55. The van der Waals surface area contributed by atoms with Gasteiger partial charge in [-0.3, -0.25) is 4.79 Å². The molecule has 2 rings (SSSR count). The normalized spacial score (nSPS) is 29.3. The van der Waals surface area contributed by atoms with Crippen molar-refractivity contribution in [2.45, 2.75) is 57.5 Å². The van der Waals surface area contributed by atoms with Gasteiger partial charge in [-0.1, -0.05) is 12.8 Å². The molecular weight excluding hydrogens is 232 g/mol. The smallest absolute Gasteiger partial charge is 0.325 e. The molecule has 2 amide bonds. The maximum atomic E-state index is 12.1. The number of hydrogen-bond donors (Lipinski definition) is 2. The Morgan fingerprint density at radius 3 is 2.61 bits per heavy atom. The molecule has 0 spiro atoms. The topological polar surface area (TPSA) is 69.6 Å². The zero-order valence-corrected chi connectivity index (χ0v) is 10.9. The van der Waals surface area contributed by atoms with Gasteiger partial charge in [0, 0.05) is 12.6 Å². The van der Waals surface area contributed by atoms with Crippen LogP contribution in [-0.2, 0) is 4.79 Å². The average Bonchev–Trinajstić information content (AvgIpc) is 2.37. The van der Waals surface area contributed by atoms with Crippen LogP contribution in [0.1, 0.15) is 45.4 Å². The summed E-state index contributed by atoms with van der Waals surface area (Å²) >= 11 is 0. The van der Waals surface area contributed by atoms with Crippen LogP contribution in [0.4, 0.5) is 4.79 Å². The van der Waals surface area contributed by atoms with E-state index >= 15 is 0 Å². The molecule has 3 atom stereocenters. The Bertz CT molecular complexity index is 330. The highest BCUT2D eigenvalue weighted by atomic mass is 16.4. The number of amides is 2. The maximum Gasteiger partial charge on any atom is 0.325 e. The Morgan fingerprint density at radius 1 is 1.22 bits per heavy atom. The van der Waals surface area contributed by atoms with Gasteiger partial charge < -0.3 is 15.3 Å². The zero-order valence-electron chi connectivity index (χ0n) is 10.9. The number of nitrogens with one attached hydrogen (secondary N) is 1. The second-order valence-corrected chi connectivity index (χ2v) is 5.46. The van der Waals surface area contributed by atoms with Gasteiger partial charge >= 0.3 is 12.0 Å². The molecule has 2 fully saturated rings. The number of rotatable bonds is 2. The Balaban J connectivity index is 1.97. The summed E-state index contributed by atoms with van der Waals surface area (Å²) < 4.78 is 0. The first-order valence-electron chi connectivity index (χ1n) is 6.89. The fraction of sp³-hybridized carbons (Fsp3) is 0.846. The molecule has 0 radical (unpaired) electrons. The Labute approximate surface area is 108 Å². The van der Waals surface area contributed by atoms with E-state index < -0.39 is 12.0 Å². The minimum atomic E-state index is -0.986. The van der Waals surface area contributed by atoms with Crippen LogP contribution >= 0.6 is 0 Å². The number of hydrogen-bond acceptors (Lipinski definition) is 2. The lowest BCUT2D eigenvalue weighted by molar-refractivity contribution is -0.138. The third kappa shape index (κ3) is 2.76. The fourth-order valence-electron chi connectivity index (χ4n) is 3.21. The van der Waals surface area contributed by atoms with Crippen LogP contribution in [0, 0.1) is 5.92 Å². The molecule has 2 aliphatic rings.